The van der Waals surface area contributed by atoms with Crippen LogP contribution in [0.15, 0.2) is 0 Å². The van der Waals surface area contributed by atoms with Crippen molar-refractivity contribution in [2.75, 3.05) is 25.0 Å². The topological polar surface area (TPSA) is 3.24 Å². The number of hydrogen-bond acceptors (Lipinski definition) is 1. The van der Waals surface area contributed by atoms with Crippen LogP contribution in [0, 0.1) is 5.41 Å². The molecule has 2 fully saturated rings. The van der Waals surface area contributed by atoms with E-state index < -0.39 is 0 Å². The van der Waals surface area contributed by atoms with Crippen LogP contribution in [0.2, 0.25) is 0 Å². The number of piperidine rings is 1. The first-order valence-corrected chi connectivity index (χ1v) is 4.75. The molecule has 0 atom stereocenters. The quantitative estimate of drug-likeness (QED) is 0.660. The van der Waals surface area contributed by atoms with E-state index in [-0.39, 0.29) is 17.0 Å². The van der Waals surface area contributed by atoms with E-state index in [2.05, 4.69) is 20.8 Å². The molecule has 0 aromatic carbocycles. The summed E-state index contributed by atoms with van der Waals surface area (Å²) in [6, 6.07) is 0. The van der Waals surface area contributed by atoms with Gasteiger partial charge in [0.2, 0.25) is 0 Å². The lowest BCUT2D eigenvalue weighted by Crippen LogP contribution is -2.20. The Balaban J connectivity index is 0.000000500. The smallest absolute Gasteiger partial charge is 0.0101 e. The summed E-state index contributed by atoms with van der Waals surface area (Å²) in [7, 11) is 0. The summed E-state index contributed by atoms with van der Waals surface area (Å²) >= 11 is 3.59. The number of hydrogen-bond donors (Lipinski definition) is 0. The molecule has 2 aliphatic heterocycles. The van der Waals surface area contributed by atoms with Gasteiger partial charge >= 0.3 is 0 Å². The summed E-state index contributed by atoms with van der Waals surface area (Å²) in [5, 5.41) is 1.22. The Bertz CT molecular complexity index is 119. The summed E-state index contributed by atoms with van der Waals surface area (Å²) in [6.07, 6.45) is 2.86. The Morgan fingerprint density at radius 3 is 2.10 bits per heavy atom. The van der Waals surface area contributed by atoms with Gasteiger partial charge in [0.05, 0.1) is 0 Å². The maximum absolute atomic E-state index is 3.59. The molecule has 2 saturated heterocycles. The molecular formula is C7H13Br2N. The molecule has 3 heteroatoms. The molecule has 0 radical (unpaired) electrons. The predicted octanol–water partition coefficient (Wildman–Crippen LogP) is 2.06. The molecule has 0 spiro atoms. The molecule has 0 amide bonds. The number of alkyl halides is 1. The summed E-state index contributed by atoms with van der Waals surface area (Å²) in [6.45, 7) is 4.06. The average molecular weight is 271 g/mol. The fourth-order valence-electron chi connectivity index (χ4n) is 1.99. The SMILES string of the molecule is Br.BrCC12CCN(CC1)C2. The number of fused-ring (bicyclic) bond motifs is 2. The van der Waals surface area contributed by atoms with E-state index in [0.29, 0.717) is 5.41 Å². The minimum absolute atomic E-state index is 0. The Labute approximate surface area is 81.1 Å². The largest absolute Gasteiger partial charge is 0.303 e. The van der Waals surface area contributed by atoms with Crippen molar-refractivity contribution in [2.45, 2.75) is 12.8 Å². The van der Waals surface area contributed by atoms with Crippen LogP contribution in [-0.2, 0) is 0 Å². The third-order valence-corrected chi connectivity index (χ3v) is 3.95. The van der Waals surface area contributed by atoms with Crippen LogP contribution in [0.5, 0.6) is 0 Å². The Morgan fingerprint density at radius 1 is 1.30 bits per heavy atom. The number of nitrogens with zero attached hydrogens (tertiary/aromatic N) is 1. The molecule has 2 bridgehead atoms. The minimum Gasteiger partial charge on any atom is -0.303 e. The van der Waals surface area contributed by atoms with Gasteiger partial charge in [0, 0.05) is 11.9 Å². The lowest BCUT2D eigenvalue weighted by Gasteiger charge is -2.21. The summed E-state index contributed by atoms with van der Waals surface area (Å²) in [5.74, 6) is 0. The fraction of sp³-hybridized carbons (Fsp3) is 1.00. The van der Waals surface area contributed by atoms with E-state index in [1.54, 1.807) is 0 Å². The highest BCUT2D eigenvalue weighted by Gasteiger charge is 2.42. The fourth-order valence-corrected chi connectivity index (χ4v) is 2.73. The maximum Gasteiger partial charge on any atom is 0.0101 e. The Hall–Kier alpha value is 0.920. The van der Waals surface area contributed by atoms with Crippen molar-refractivity contribution in [1.29, 1.82) is 0 Å². The van der Waals surface area contributed by atoms with Crippen molar-refractivity contribution >= 4 is 32.9 Å². The monoisotopic (exact) mass is 269 g/mol. The van der Waals surface area contributed by atoms with Crippen LogP contribution >= 0.6 is 32.9 Å². The highest BCUT2D eigenvalue weighted by molar-refractivity contribution is 9.09. The molecule has 2 aliphatic rings. The van der Waals surface area contributed by atoms with Crippen molar-refractivity contribution < 1.29 is 0 Å². The Morgan fingerprint density at radius 2 is 1.90 bits per heavy atom. The summed E-state index contributed by atoms with van der Waals surface area (Å²) < 4.78 is 0. The lowest BCUT2D eigenvalue weighted by molar-refractivity contribution is 0.348. The lowest BCUT2D eigenvalue weighted by atomic mass is 9.87. The number of halogens is 2. The first-order chi connectivity index (χ1) is 4.35. The molecule has 2 rings (SSSR count). The zero-order chi connectivity index (χ0) is 6.32. The maximum atomic E-state index is 3.59. The summed E-state index contributed by atoms with van der Waals surface area (Å²) in [5.41, 5.74) is 0.694. The highest BCUT2D eigenvalue weighted by atomic mass is 79.9. The van der Waals surface area contributed by atoms with E-state index in [0.717, 1.165) is 0 Å². The third kappa shape index (κ3) is 1.28. The average Bonchev–Trinajstić information content (AvgIpc) is 2.46. The zero-order valence-corrected chi connectivity index (χ0v) is 9.28. The van der Waals surface area contributed by atoms with Gasteiger partial charge in [0.1, 0.15) is 0 Å². The van der Waals surface area contributed by atoms with E-state index in [1.807, 2.05) is 0 Å². The van der Waals surface area contributed by atoms with Gasteiger partial charge in [-0.25, -0.2) is 0 Å². The first kappa shape index (κ1) is 9.01. The Kier molecular flexibility index (Phi) is 2.81. The second-order valence-electron chi connectivity index (χ2n) is 3.41. The van der Waals surface area contributed by atoms with Gasteiger partial charge in [0.25, 0.3) is 0 Å². The first-order valence-electron chi connectivity index (χ1n) is 3.63. The van der Waals surface area contributed by atoms with E-state index in [9.17, 15) is 0 Å². The number of rotatable bonds is 1. The molecule has 0 aromatic heterocycles. The molecule has 0 aliphatic carbocycles. The molecular weight excluding hydrogens is 258 g/mol. The van der Waals surface area contributed by atoms with Gasteiger partial charge in [-0.2, -0.15) is 0 Å². The van der Waals surface area contributed by atoms with Gasteiger partial charge in [0.15, 0.2) is 0 Å². The van der Waals surface area contributed by atoms with E-state index in [4.69, 9.17) is 0 Å². The van der Waals surface area contributed by atoms with E-state index in [1.165, 1.54) is 37.8 Å². The van der Waals surface area contributed by atoms with Crippen LogP contribution in [0.25, 0.3) is 0 Å². The van der Waals surface area contributed by atoms with Gasteiger partial charge in [-0.15, -0.1) is 17.0 Å². The molecule has 1 nitrogen and oxygen atoms in total. The second-order valence-corrected chi connectivity index (χ2v) is 3.97. The van der Waals surface area contributed by atoms with Crippen molar-refractivity contribution in [2.24, 2.45) is 5.41 Å². The molecule has 0 saturated carbocycles. The molecule has 0 unspecified atom stereocenters. The normalized spacial score (nSPS) is 43.5. The van der Waals surface area contributed by atoms with Gasteiger partial charge in [-0.1, -0.05) is 15.9 Å². The van der Waals surface area contributed by atoms with Crippen LogP contribution in [0.1, 0.15) is 12.8 Å². The van der Waals surface area contributed by atoms with Crippen LogP contribution in [0.3, 0.4) is 0 Å². The molecule has 2 heterocycles. The highest BCUT2D eigenvalue weighted by Crippen LogP contribution is 2.41. The van der Waals surface area contributed by atoms with Crippen LogP contribution in [-0.4, -0.2) is 29.9 Å². The van der Waals surface area contributed by atoms with Crippen molar-refractivity contribution in [3.63, 3.8) is 0 Å². The standard InChI is InChI=1S/C7H12BrN.BrH/c8-5-7-1-3-9(6-7)4-2-7;/h1-6H2;1H. The van der Waals surface area contributed by atoms with Crippen LogP contribution in [0.4, 0.5) is 0 Å². The molecule has 60 valence electrons. The van der Waals surface area contributed by atoms with Crippen molar-refractivity contribution in [1.82, 2.24) is 4.90 Å². The van der Waals surface area contributed by atoms with E-state index >= 15 is 0 Å². The summed E-state index contributed by atoms with van der Waals surface area (Å²) in [4.78, 5) is 2.57. The van der Waals surface area contributed by atoms with Gasteiger partial charge in [-0.3, -0.25) is 0 Å². The molecule has 10 heavy (non-hydrogen) atoms. The minimum atomic E-state index is 0. The van der Waals surface area contributed by atoms with Gasteiger partial charge in [-0.05, 0) is 31.3 Å². The van der Waals surface area contributed by atoms with Gasteiger partial charge < -0.3 is 4.90 Å². The zero-order valence-electron chi connectivity index (χ0n) is 5.98. The molecule has 0 N–H and O–H groups in total. The van der Waals surface area contributed by atoms with Crippen LogP contribution < -0.4 is 0 Å². The van der Waals surface area contributed by atoms with Crippen molar-refractivity contribution in [3.05, 3.63) is 0 Å². The third-order valence-electron chi connectivity index (χ3n) is 2.76. The second kappa shape index (κ2) is 3.11. The van der Waals surface area contributed by atoms with Crippen molar-refractivity contribution in [3.8, 4) is 0 Å². The predicted molar refractivity (Wildman–Crippen MR) is 52.2 cm³/mol. The molecule has 0 aromatic rings.